The van der Waals surface area contributed by atoms with Crippen LogP contribution in [0, 0.1) is 0 Å². The summed E-state index contributed by atoms with van der Waals surface area (Å²) in [6.45, 7) is 1.05. The third-order valence-electron chi connectivity index (χ3n) is 3.59. The van der Waals surface area contributed by atoms with E-state index in [9.17, 15) is 4.79 Å². The molecule has 0 aliphatic heterocycles. The fourth-order valence-corrected chi connectivity index (χ4v) is 2.29. The first-order valence-electron chi connectivity index (χ1n) is 6.87. The smallest absolute Gasteiger partial charge is 0.293 e. The molecule has 1 saturated carbocycles. The molecule has 0 spiro atoms. The van der Waals surface area contributed by atoms with Gasteiger partial charge in [-0.15, -0.1) is 0 Å². The van der Waals surface area contributed by atoms with Crippen molar-refractivity contribution < 1.29 is 0 Å². The molecular weight excluding hydrogens is 252 g/mol. The van der Waals surface area contributed by atoms with Gasteiger partial charge in [-0.3, -0.25) is 4.79 Å². The molecule has 1 fully saturated rings. The molecule has 5 heteroatoms. The number of hydrogen-bond acceptors (Lipinski definition) is 4. The second-order valence-corrected chi connectivity index (χ2v) is 5.05. The maximum absolute atomic E-state index is 12.2. The molecule has 20 heavy (non-hydrogen) atoms. The van der Waals surface area contributed by atoms with Gasteiger partial charge < -0.3 is 15.6 Å². The lowest BCUT2D eigenvalue weighted by molar-refractivity contribution is 0.699. The van der Waals surface area contributed by atoms with E-state index in [0.717, 1.165) is 24.0 Å². The number of nitrogens with two attached hydrogens (primary N) is 1. The van der Waals surface area contributed by atoms with E-state index in [2.05, 4.69) is 10.3 Å². The third-order valence-corrected chi connectivity index (χ3v) is 3.59. The van der Waals surface area contributed by atoms with Crippen LogP contribution in [0.1, 0.15) is 30.0 Å². The van der Waals surface area contributed by atoms with Crippen molar-refractivity contribution in [1.82, 2.24) is 9.55 Å². The van der Waals surface area contributed by atoms with Crippen molar-refractivity contribution in [2.75, 3.05) is 5.32 Å². The van der Waals surface area contributed by atoms with Gasteiger partial charge in [0.05, 0.1) is 0 Å². The van der Waals surface area contributed by atoms with Gasteiger partial charge in [0.25, 0.3) is 5.56 Å². The summed E-state index contributed by atoms with van der Waals surface area (Å²) < 4.78 is 1.77. The van der Waals surface area contributed by atoms with E-state index in [1.54, 1.807) is 17.0 Å². The van der Waals surface area contributed by atoms with Crippen LogP contribution >= 0.6 is 0 Å². The van der Waals surface area contributed by atoms with Gasteiger partial charge in [0, 0.05) is 31.5 Å². The number of benzene rings is 1. The van der Waals surface area contributed by atoms with Crippen molar-refractivity contribution in [3.8, 4) is 0 Å². The van der Waals surface area contributed by atoms with Crippen molar-refractivity contribution >= 4 is 5.82 Å². The molecule has 3 rings (SSSR count). The fourth-order valence-electron chi connectivity index (χ4n) is 2.29. The number of hydrogen-bond donors (Lipinski definition) is 2. The Morgan fingerprint density at radius 2 is 2.05 bits per heavy atom. The summed E-state index contributed by atoms with van der Waals surface area (Å²) in [5.74, 6) is 0.409. The van der Waals surface area contributed by atoms with E-state index in [1.807, 2.05) is 24.3 Å². The molecular formula is C15H18N4O. The highest BCUT2D eigenvalue weighted by molar-refractivity contribution is 5.35. The molecule has 0 amide bonds. The first kappa shape index (κ1) is 12.9. The third kappa shape index (κ3) is 2.58. The van der Waals surface area contributed by atoms with E-state index in [-0.39, 0.29) is 5.56 Å². The number of nitrogens with zero attached hydrogens (tertiary/aromatic N) is 2. The van der Waals surface area contributed by atoms with E-state index in [0.29, 0.717) is 24.9 Å². The van der Waals surface area contributed by atoms with Crippen molar-refractivity contribution in [3.05, 3.63) is 58.1 Å². The summed E-state index contributed by atoms with van der Waals surface area (Å²) in [5.41, 5.74) is 7.85. The molecule has 1 heterocycles. The molecule has 0 bridgehead atoms. The normalized spacial score (nSPS) is 14.2. The molecule has 5 nitrogen and oxygen atoms in total. The van der Waals surface area contributed by atoms with Crippen LogP contribution in [0.4, 0.5) is 5.82 Å². The molecule has 0 saturated heterocycles. The van der Waals surface area contributed by atoms with Crippen molar-refractivity contribution in [2.45, 2.75) is 32.0 Å². The molecule has 2 aromatic rings. The Kier molecular flexibility index (Phi) is 3.52. The van der Waals surface area contributed by atoms with E-state index < -0.39 is 0 Å². The topological polar surface area (TPSA) is 72.9 Å². The molecule has 0 radical (unpaired) electrons. The zero-order valence-corrected chi connectivity index (χ0v) is 11.2. The Morgan fingerprint density at radius 3 is 2.75 bits per heavy atom. The van der Waals surface area contributed by atoms with Gasteiger partial charge >= 0.3 is 0 Å². The lowest BCUT2D eigenvalue weighted by atomic mass is 10.1. The largest absolute Gasteiger partial charge is 0.361 e. The minimum absolute atomic E-state index is 0.0415. The van der Waals surface area contributed by atoms with Crippen LogP contribution in [-0.2, 0) is 13.1 Å². The van der Waals surface area contributed by atoms with Crippen molar-refractivity contribution in [2.24, 2.45) is 5.73 Å². The number of rotatable bonds is 5. The van der Waals surface area contributed by atoms with Gasteiger partial charge in [-0.1, -0.05) is 24.3 Å². The van der Waals surface area contributed by atoms with Crippen LogP contribution < -0.4 is 16.6 Å². The van der Waals surface area contributed by atoms with Gasteiger partial charge in [0.1, 0.15) is 0 Å². The Bertz CT molecular complexity index is 661. The molecule has 3 N–H and O–H groups in total. The molecule has 0 atom stereocenters. The molecule has 1 aliphatic carbocycles. The monoisotopic (exact) mass is 270 g/mol. The van der Waals surface area contributed by atoms with E-state index in [4.69, 9.17) is 5.73 Å². The quantitative estimate of drug-likeness (QED) is 0.866. The van der Waals surface area contributed by atoms with Gasteiger partial charge in [-0.25, -0.2) is 4.98 Å². The first-order valence-corrected chi connectivity index (χ1v) is 6.87. The van der Waals surface area contributed by atoms with E-state index in [1.165, 1.54) is 0 Å². The average Bonchev–Trinajstić information content (AvgIpc) is 3.31. The van der Waals surface area contributed by atoms with Crippen LogP contribution in [0.2, 0.25) is 0 Å². The summed E-state index contributed by atoms with van der Waals surface area (Å²) in [5, 5.41) is 3.13. The Morgan fingerprint density at radius 1 is 1.30 bits per heavy atom. The second-order valence-electron chi connectivity index (χ2n) is 5.05. The SMILES string of the molecule is NCc1ccccc1CNc1nccn(C2CC2)c1=O. The maximum atomic E-state index is 12.2. The number of anilines is 1. The lowest BCUT2D eigenvalue weighted by Gasteiger charge is -2.10. The highest BCUT2D eigenvalue weighted by atomic mass is 16.1. The molecule has 1 aromatic heterocycles. The molecule has 1 aromatic carbocycles. The van der Waals surface area contributed by atoms with Gasteiger partial charge in [-0.05, 0) is 24.0 Å². The Hall–Kier alpha value is -2.14. The van der Waals surface area contributed by atoms with Crippen LogP contribution in [0.25, 0.3) is 0 Å². The van der Waals surface area contributed by atoms with Crippen molar-refractivity contribution in [3.63, 3.8) is 0 Å². The van der Waals surface area contributed by atoms with Gasteiger partial charge in [-0.2, -0.15) is 0 Å². The van der Waals surface area contributed by atoms with E-state index >= 15 is 0 Å². The molecule has 0 unspecified atom stereocenters. The minimum atomic E-state index is -0.0415. The highest BCUT2D eigenvalue weighted by Crippen LogP contribution is 2.33. The summed E-state index contributed by atoms with van der Waals surface area (Å²) in [6.07, 6.45) is 5.61. The fraction of sp³-hybridized carbons (Fsp3) is 0.333. The van der Waals surface area contributed by atoms with Crippen molar-refractivity contribution in [1.29, 1.82) is 0 Å². The standard InChI is InChI=1S/C15H18N4O/c16-9-11-3-1-2-4-12(11)10-18-14-15(20)19(8-7-17-14)13-5-6-13/h1-4,7-8,13H,5-6,9-10,16H2,(H,17,18). The molecule has 104 valence electrons. The Labute approximate surface area is 117 Å². The zero-order valence-electron chi connectivity index (χ0n) is 11.2. The lowest BCUT2D eigenvalue weighted by Crippen LogP contribution is -2.23. The summed E-state index contributed by atoms with van der Waals surface area (Å²) in [7, 11) is 0. The average molecular weight is 270 g/mol. The minimum Gasteiger partial charge on any atom is -0.361 e. The van der Waals surface area contributed by atoms with Crippen LogP contribution in [0.15, 0.2) is 41.5 Å². The van der Waals surface area contributed by atoms with Gasteiger partial charge in [0.2, 0.25) is 0 Å². The van der Waals surface area contributed by atoms with Crippen LogP contribution in [0.3, 0.4) is 0 Å². The number of nitrogens with one attached hydrogen (secondary N) is 1. The van der Waals surface area contributed by atoms with Crippen LogP contribution in [-0.4, -0.2) is 9.55 Å². The first-order chi connectivity index (χ1) is 9.79. The predicted octanol–water partition coefficient (Wildman–Crippen LogP) is 1.65. The second kappa shape index (κ2) is 5.46. The summed E-state index contributed by atoms with van der Waals surface area (Å²) >= 11 is 0. The zero-order chi connectivity index (χ0) is 13.9. The summed E-state index contributed by atoms with van der Waals surface area (Å²) in [4.78, 5) is 16.4. The maximum Gasteiger partial charge on any atom is 0.293 e. The van der Waals surface area contributed by atoms with Crippen LogP contribution in [0.5, 0.6) is 0 Å². The van der Waals surface area contributed by atoms with Gasteiger partial charge in [0.15, 0.2) is 5.82 Å². The Balaban J connectivity index is 1.78. The highest BCUT2D eigenvalue weighted by Gasteiger charge is 2.25. The molecule has 1 aliphatic rings. The predicted molar refractivity (Wildman–Crippen MR) is 78.4 cm³/mol. The summed E-state index contributed by atoms with van der Waals surface area (Å²) in [6, 6.07) is 8.31. The number of aromatic nitrogens is 2.